The molecule has 1 unspecified atom stereocenters. The molecule has 2 aromatic rings. The van der Waals surface area contributed by atoms with Gasteiger partial charge < -0.3 is 15.1 Å². The summed E-state index contributed by atoms with van der Waals surface area (Å²) in [6.45, 7) is 4.93. The standard InChI is InChI=1S/C27H31FN4O/c1-2-26(22-8-7-20-5-3-4-6-21(20)17-22)30-27(33)23(18-29)19-31-13-15-32(16-14-31)25-11-9-24(28)10-12-25/h7-12,17,19,26H,2-6,13-16H2,1H3,(H,30,33)/b23-19-. The molecule has 0 aromatic heterocycles. The Morgan fingerprint density at radius 1 is 1.09 bits per heavy atom. The largest absolute Gasteiger partial charge is 0.373 e. The molecule has 0 radical (unpaired) electrons. The summed E-state index contributed by atoms with van der Waals surface area (Å²) in [7, 11) is 0. The lowest BCUT2D eigenvalue weighted by atomic mass is 9.88. The molecule has 0 bridgehead atoms. The third-order valence-electron chi connectivity index (χ3n) is 6.67. The third-order valence-corrected chi connectivity index (χ3v) is 6.67. The molecule has 6 heteroatoms. The zero-order valence-corrected chi connectivity index (χ0v) is 19.2. The van der Waals surface area contributed by atoms with Gasteiger partial charge in [-0.1, -0.05) is 25.1 Å². The van der Waals surface area contributed by atoms with Gasteiger partial charge in [0.15, 0.2) is 0 Å². The number of amides is 1. The number of fused-ring (bicyclic) bond motifs is 1. The predicted octanol–water partition coefficient (Wildman–Crippen LogP) is 4.50. The lowest BCUT2D eigenvalue weighted by Gasteiger charge is -2.35. The Bertz CT molecular complexity index is 1050. The van der Waals surface area contributed by atoms with E-state index >= 15 is 0 Å². The van der Waals surface area contributed by atoms with Crippen LogP contribution in [0.5, 0.6) is 0 Å². The van der Waals surface area contributed by atoms with Crippen LogP contribution >= 0.6 is 0 Å². The number of rotatable bonds is 6. The highest BCUT2D eigenvalue weighted by atomic mass is 19.1. The average Bonchev–Trinajstić information content (AvgIpc) is 2.86. The number of benzene rings is 2. The number of nitriles is 1. The molecule has 1 amide bonds. The van der Waals surface area contributed by atoms with Gasteiger partial charge in [-0.05, 0) is 73.1 Å². The first-order valence-corrected chi connectivity index (χ1v) is 11.9. The lowest BCUT2D eigenvalue weighted by molar-refractivity contribution is -0.117. The smallest absolute Gasteiger partial charge is 0.263 e. The summed E-state index contributed by atoms with van der Waals surface area (Å²) in [5.74, 6) is -0.575. The minimum Gasteiger partial charge on any atom is -0.373 e. The molecular formula is C27H31FN4O. The first-order valence-electron chi connectivity index (χ1n) is 11.9. The molecule has 0 spiro atoms. The highest BCUT2D eigenvalue weighted by Crippen LogP contribution is 2.26. The number of carbonyl (C=O) groups is 1. The summed E-state index contributed by atoms with van der Waals surface area (Å²) in [5, 5.41) is 12.7. The van der Waals surface area contributed by atoms with Gasteiger partial charge in [0.2, 0.25) is 0 Å². The Morgan fingerprint density at radius 2 is 1.79 bits per heavy atom. The van der Waals surface area contributed by atoms with Gasteiger partial charge in [0.05, 0.1) is 6.04 Å². The average molecular weight is 447 g/mol. The van der Waals surface area contributed by atoms with Gasteiger partial charge in [-0.25, -0.2) is 4.39 Å². The molecule has 1 aliphatic carbocycles. The highest BCUT2D eigenvalue weighted by Gasteiger charge is 2.21. The van der Waals surface area contributed by atoms with Gasteiger partial charge in [-0.2, -0.15) is 5.26 Å². The highest BCUT2D eigenvalue weighted by molar-refractivity contribution is 5.97. The van der Waals surface area contributed by atoms with Crippen LogP contribution in [0.1, 0.15) is 48.9 Å². The number of halogens is 1. The van der Waals surface area contributed by atoms with E-state index in [1.54, 1.807) is 18.3 Å². The number of carbonyl (C=O) groups excluding carboxylic acids is 1. The first-order chi connectivity index (χ1) is 16.1. The fourth-order valence-corrected chi connectivity index (χ4v) is 4.71. The molecule has 1 fully saturated rings. The third kappa shape index (κ3) is 5.54. The van der Waals surface area contributed by atoms with Crippen LogP contribution in [-0.4, -0.2) is 37.0 Å². The molecule has 1 aliphatic heterocycles. The van der Waals surface area contributed by atoms with E-state index in [0.717, 1.165) is 43.6 Å². The Balaban J connectivity index is 1.38. The zero-order valence-electron chi connectivity index (χ0n) is 19.2. The van der Waals surface area contributed by atoms with Crippen molar-refractivity contribution in [2.75, 3.05) is 31.1 Å². The van der Waals surface area contributed by atoms with Crippen LogP contribution in [0.25, 0.3) is 0 Å². The van der Waals surface area contributed by atoms with E-state index in [1.807, 2.05) is 4.90 Å². The Labute approximate surface area is 195 Å². The van der Waals surface area contributed by atoms with Crippen molar-refractivity contribution in [1.82, 2.24) is 10.2 Å². The van der Waals surface area contributed by atoms with Crippen molar-refractivity contribution in [2.45, 2.75) is 45.1 Å². The quantitative estimate of drug-likeness (QED) is 0.524. The number of aryl methyl sites for hydroxylation is 2. The van der Waals surface area contributed by atoms with Crippen molar-refractivity contribution in [3.05, 3.63) is 76.7 Å². The molecule has 1 saturated heterocycles. The van der Waals surface area contributed by atoms with Crippen LogP contribution in [0.2, 0.25) is 0 Å². The van der Waals surface area contributed by atoms with Crippen molar-refractivity contribution in [3.63, 3.8) is 0 Å². The normalized spacial score (nSPS) is 17.2. The monoisotopic (exact) mass is 446 g/mol. The molecule has 1 heterocycles. The Morgan fingerprint density at radius 3 is 2.45 bits per heavy atom. The maximum absolute atomic E-state index is 13.2. The Hall–Kier alpha value is -3.33. The molecule has 2 aliphatic rings. The number of anilines is 1. The van der Waals surface area contributed by atoms with E-state index in [2.05, 4.69) is 41.4 Å². The molecule has 5 nitrogen and oxygen atoms in total. The van der Waals surface area contributed by atoms with Crippen LogP contribution < -0.4 is 10.2 Å². The molecule has 1 atom stereocenters. The first kappa shape index (κ1) is 22.8. The van der Waals surface area contributed by atoms with Crippen LogP contribution in [0.4, 0.5) is 10.1 Å². The maximum Gasteiger partial charge on any atom is 0.263 e. The van der Waals surface area contributed by atoms with Gasteiger partial charge in [0, 0.05) is 38.1 Å². The number of hydrogen-bond acceptors (Lipinski definition) is 4. The molecule has 1 N–H and O–H groups in total. The fourth-order valence-electron chi connectivity index (χ4n) is 4.71. The van der Waals surface area contributed by atoms with E-state index in [1.165, 1.54) is 36.1 Å². The molecule has 4 rings (SSSR count). The van der Waals surface area contributed by atoms with Crippen LogP contribution in [-0.2, 0) is 17.6 Å². The summed E-state index contributed by atoms with van der Waals surface area (Å²) in [6, 6.07) is 15.0. The number of piperazine rings is 1. The van der Waals surface area contributed by atoms with E-state index in [0.29, 0.717) is 13.1 Å². The maximum atomic E-state index is 13.2. The second-order valence-electron chi connectivity index (χ2n) is 8.82. The topological polar surface area (TPSA) is 59.4 Å². The molecule has 172 valence electrons. The van der Waals surface area contributed by atoms with E-state index in [9.17, 15) is 14.4 Å². The second-order valence-corrected chi connectivity index (χ2v) is 8.82. The summed E-state index contributed by atoms with van der Waals surface area (Å²) in [6.07, 6.45) is 7.13. The van der Waals surface area contributed by atoms with Gasteiger partial charge in [-0.15, -0.1) is 0 Å². The second kappa shape index (κ2) is 10.5. The van der Waals surface area contributed by atoms with E-state index in [-0.39, 0.29) is 23.3 Å². The van der Waals surface area contributed by atoms with Gasteiger partial charge in [0.1, 0.15) is 17.5 Å². The fraction of sp³-hybridized carbons (Fsp3) is 0.407. The molecule has 33 heavy (non-hydrogen) atoms. The number of nitrogens with one attached hydrogen (secondary N) is 1. The minimum atomic E-state index is -0.331. The number of hydrogen-bond donors (Lipinski definition) is 1. The van der Waals surface area contributed by atoms with E-state index < -0.39 is 0 Å². The van der Waals surface area contributed by atoms with Crippen molar-refractivity contribution >= 4 is 11.6 Å². The summed E-state index contributed by atoms with van der Waals surface area (Å²) in [5.41, 5.74) is 5.03. The SMILES string of the molecule is CCC(NC(=O)/C(C#N)=C\N1CCN(c2ccc(F)cc2)CC1)c1ccc2c(c1)CCCC2. The van der Waals surface area contributed by atoms with Crippen molar-refractivity contribution < 1.29 is 9.18 Å². The summed E-state index contributed by atoms with van der Waals surface area (Å²) in [4.78, 5) is 17.1. The van der Waals surface area contributed by atoms with Gasteiger partial charge in [0.25, 0.3) is 5.91 Å². The minimum absolute atomic E-state index is 0.114. The molecular weight excluding hydrogens is 415 g/mol. The van der Waals surface area contributed by atoms with Crippen molar-refractivity contribution in [2.24, 2.45) is 0 Å². The van der Waals surface area contributed by atoms with Gasteiger partial charge >= 0.3 is 0 Å². The molecule has 0 saturated carbocycles. The Kier molecular flexibility index (Phi) is 7.29. The van der Waals surface area contributed by atoms with Crippen LogP contribution in [0.3, 0.4) is 0 Å². The molecule has 2 aromatic carbocycles. The van der Waals surface area contributed by atoms with Crippen molar-refractivity contribution in [1.29, 1.82) is 5.26 Å². The van der Waals surface area contributed by atoms with Crippen LogP contribution in [0, 0.1) is 17.1 Å². The van der Waals surface area contributed by atoms with Gasteiger partial charge in [-0.3, -0.25) is 4.79 Å². The van der Waals surface area contributed by atoms with E-state index in [4.69, 9.17) is 0 Å². The summed E-state index contributed by atoms with van der Waals surface area (Å²) >= 11 is 0. The predicted molar refractivity (Wildman–Crippen MR) is 128 cm³/mol. The summed E-state index contributed by atoms with van der Waals surface area (Å²) < 4.78 is 13.2. The zero-order chi connectivity index (χ0) is 23.2. The lowest BCUT2D eigenvalue weighted by Crippen LogP contribution is -2.44. The van der Waals surface area contributed by atoms with Crippen molar-refractivity contribution in [3.8, 4) is 6.07 Å². The van der Waals surface area contributed by atoms with Crippen LogP contribution in [0.15, 0.2) is 54.2 Å². The number of nitrogens with zero attached hydrogens (tertiary/aromatic N) is 3.